The summed E-state index contributed by atoms with van der Waals surface area (Å²) in [6.45, 7) is 4.50. The van der Waals surface area contributed by atoms with Crippen LogP contribution in [0.4, 0.5) is 4.79 Å². The second kappa shape index (κ2) is 8.65. The minimum absolute atomic E-state index is 0.0129. The van der Waals surface area contributed by atoms with Crippen LogP contribution in [0.15, 0.2) is 30.3 Å². The van der Waals surface area contributed by atoms with Gasteiger partial charge in [0.25, 0.3) is 0 Å². The number of urea groups is 1. The lowest BCUT2D eigenvalue weighted by atomic mass is 10.2. The van der Waals surface area contributed by atoms with Gasteiger partial charge in [-0.25, -0.2) is 4.79 Å². The minimum Gasteiger partial charge on any atom is -0.367 e. The van der Waals surface area contributed by atoms with Crippen LogP contribution in [-0.4, -0.2) is 67.2 Å². The second-order valence-corrected chi connectivity index (χ2v) is 6.24. The first-order chi connectivity index (χ1) is 11.5. The van der Waals surface area contributed by atoms with E-state index in [9.17, 15) is 9.59 Å². The lowest BCUT2D eigenvalue weighted by Crippen LogP contribution is -2.55. The van der Waals surface area contributed by atoms with Gasteiger partial charge in [-0.1, -0.05) is 30.3 Å². The van der Waals surface area contributed by atoms with Gasteiger partial charge in [0.15, 0.2) is 6.10 Å². The van der Waals surface area contributed by atoms with Crippen LogP contribution < -0.4 is 11.1 Å². The number of ether oxygens (including phenoxy) is 1. The number of benzene rings is 1. The third-order valence-corrected chi connectivity index (χ3v) is 3.92. The predicted octanol–water partition coefficient (Wildman–Crippen LogP) is 0.403. The molecule has 0 radical (unpaired) electrons. The molecule has 132 valence electrons. The van der Waals surface area contributed by atoms with Crippen LogP contribution in [0.3, 0.4) is 0 Å². The molecule has 3 amide bonds. The first-order valence-corrected chi connectivity index (χ1v) is 8.14. The highest BCUT2D eigenvalue weighted by Crippen LogP contribution is 2.06. The number of primary amides is 1. The molecule has 3 N–H and O–H groups in total. The number of rotatable bonds is 6. The van der Waals surface area contributed by atoms with Crippen LogP contribution >= 0.6 is 0 Å². The summed E-state index contributed by atoms with van der Waals surface area (Å²) in [4.78, 5) is 27.2. The number of nitrogens with two attached hydrogens (primary N) is 1. The molecule has 1 aromatic carbocycles. The average Bonchev–Trinajstić information content (AvgIpc) is 2.55. The van der Waals surface area contributed by atoms with Gasteiger partial charge in [0.1, 0.15) is 0 Å². The van der Waals surface area contributed by atoms with Crippen molar-refractivity contribution < 1.29 is 14.3 Å². The summed E-state index contributed by atoms with van der Waals surface area (Å²) >= 11 is 0. The molecule has 1 aliphatic rings. The van der Waals surface area contributed by atoms with E-state index in [2.05, 4.69) is 22.3 Å². The molecule has 0 aromatic heterocycles. The fourth-order valence-electron chi connectivity index (χ4n) is 2.78. The van der Waals surface area contributed by atoms with Crippen molar-refractivity contribution in [1.82, 2.24) is 15.1 Å². The zero-order valence-electron chi connectivity index (χ0n) is 14.3. The van der Waals surface area contributed by atoms with Crippen LogP contribution in [0.1, 0.15) is 12.5 Å². The Morgan fingerprint density at radius 2 is 2.12 bits per heavy atom. The quantitative estimate of drug-likeness (QED) is 0.788. The van der Waals surface area contributed by atoms with Crippen LogP contribution in [-0.2, 0) is 16.1 Å². The van der Waals surface area contributed by atoms with Gasteiger partial charge in [0.05, 0.1) is 13.2 Å². The Bertz CT molecular complexity index is 552. The standard InChI is InChI=1S/C17H26N4O3/c1-13(10-20(2)11-14-6-4-3-5-7-14)19-17(23)21-8-9-24-15(12-21)16(18)22/h3-7,13,15H,8-12H2,1-2H3,(H2,18,22)(H,19,23)/t13-,15+/m0/s1. The number of likely N-dealkylation sites (N-methyl/N-ethyl adjacent to an activating group) is 1. The van der Waals surface area contributed by atoms with Gasteiger partial charge in [-0.15, -0.1) is 0 Å². The summed E-state index contributed by atoms with van der Waals surface area (Å²) in [6.07, 6.45) is -0.722. The minimum atomic E-state index is -0.722. The predicted molar refractivity (Wildman–Crippen MR) is 91.3 cm³/mol. The zero-order chi connectivity index (χ0) is 17.5. The Balaban J connectivity index is 1.77. The lowest BCUT2D eigenvalue weighted by Gasteiger charge is -2.32. The number of hydrogen-bond donors (Lipinski definition) is 2. The largest absolute Gasteiger partial charge is 0.367 e. The molecule has 1 aromatic rings. The van der Waals surface area contributed by atoms with Crippen LogP contribution in [0.25, 0.3) is 0 Å². The number of amides is 3. The molecule has 2 atom stereocenters. The van der Waals surface area contributed by atoms with Crippen LogP contribution in [0.2, 0.25) is 0 Å². The summed E-state index contributed by atoms with van der Waals surface area (Å²) in [5.41, 5.74) is 6.47. The second-order valence-electron chi connectivity index (χ2n) is 6.24. The molecule has 1 aliphatic heterocycles. The van der Waals surface area contributed by atoms with Gasteiger partial charge in [-0.05, 0) is 19.5 Å². The number of hydrogen-bond acceptors (Lipinski definition) is 4. The molecule has 2 rings (SSSR count). The summed E-state index contributed by atoms with van der Waals surface area (Å²) in [5, 5.41) is 2.96. The lowest BCUT2D eigenvalue weighted by molar-refractivity contribution is -0.133. The van der Waals surface area contributed by atoms with Gasteiger partial charge < -0.3 is 25.6 Å². The number of carbonyl (C=O) groups is 2. The summed E-state index contributed by atoms with van der Waals surface area (Å²) in [7, 11) is 2.02. The van der Waals surface area contributed by atoms with E-state index < -0.39 is 12.0 Å². The number of nitrogens with one attached hydrogen (secondary N) is 1. The van der Waals surface area contributed by atoms with Crippen LogP contribution in [0, 0.1) is 0 Å². The molecule has 0 unspecified atom stereocenters. The first kappa shape index (κ1) is 18.2. The Kier molecular flexibility index (Phi) is 6.57. The van der Waals surface area contributed by atoms with Crippen molar-refractivity contribution in [3.8, 4) is 0 Å². The van der Waals surface area contributed by atoms with Crippen LogP contribution in [0.5, 0.6) is 0 Å². The monoisotopic (exact) mass is 334 g/mol. The SMILES string of the molecule is C[C@@H](CN(C)Cc1ccccc1)NC(=O)N1CCO[C@@H](C(N)=O)C1. The van der Waals surface area contributed by atoms with Crippen molar-refractivity contribution in [2.75, 3.05) is 33.3 Å². The molecular weight excluding hydrogens is 308 g/mol. The van der Waals surface area contributed by atoms with Gasteiger partial charge in [0.2, 0.25) is 5.91 Å². The highest BCUT2D eigenvalue weighted by Gasteiger charge is 2.28. The average molecular weight is 334 g/mol. The molecule has 1 saturated heterocycles. The van der Waals surface area contributed by atoms with Crippen molar-refractivity contribution in [3.63, 3.8) is 0 Å². The van der Waals surface area contributed by atoms with Gasteiger partial charge in [0, 0.05) is 25.7 Å². The molecule has 24 heavy (non-hydrogen) atoms. The van der Waals surface area contributed by atoms with Gasteiger partial charge >= 0.3 is 6.03 Å². The van der Waals surface area contributed by atoms with E-state index in [-0.39, 0.29) is 18.6 Å². The van der Waals surface area contributed by atoms with Crippen molar-refractivity contribution >= 4 is 11.9 Å². The van der Waals surface area contributed by atoms with Crippen molar-refractivity contribution in [3.05, 3.63) is 35.9 Å². The molecule has 0 bridgehead atoms. The molecular formula is C17H26N4O3. The topological polar surface area (TPSA) is 87.9 Å². The van der Waals surface area contributed by atoms with Gasteiger partial charge in [-0.3, -0.25) is 4.79 Å². The fraction of sp³-hybridized carbons (Fsp3) is 0.529. The molecule has 0 aliphatic carbocycles. The summed E-state index contributed by atoms with van der Waals surface area (Å²) in [5.74, 6) is -0.539. The van der Waals surface area contributed by atoms with E-state index >= 15 is 0 Å². The summed E-state index contributed by atoms with van der Waals surface area (Å²) < 4.78 is 5.25. The molecule has 7 nitrogen and oxygen atoms in total. The van der Waals surface area contributed by atoms with E-state index in [0.717, 1.165) is 13.1 Å². The van der Waals surface area contributed by atoms with E-state index in [4.69, 9.17) is 10.5 Å². The third-order valence-electron chi connectivity index (χ3n) is 3.92. The molecule has 0 spiro atoms. The molecule has 0 saturated carbocycles. The van der Waals surface area contributed by atoms with Gasteiger partial charge in [-0.2, -0.15) is 0 Å². The number of carbonyl (C=O) groups excluding carboxylic acids is 2. The zero-order valence-corrected chi connectivity index (χ0v) is 14.3. The fourth-order valence-corrected chi connectivity index (χ4v) is 2.78. The molecule has 1 heterocycles. The molecule has 7 heteroatoms. The Morgan fingerprint density at radius 3 is 2.79 bits per heavy atom. The van der Waals surface area contributed by atoms with E-state index in [1.165, 1.54) is 5.56 Å². The number of nitrogens with zero attached hydrogens (tertiary/aromatic N) is 2. The highest BCUT2D eigenvalue weighted by molar-refractivity contribution is 5.81. The van der Waals surface area contributed by atoms with Crippen molar-refractivity contribution in [1.29, 1.82) is 0 Å². The highest BCUT2D eigenvalue weighted by atomic mass is 16.5. The number of morpholine rings is 1. The normalized spacial score (nSPS) is 19.1. The Morgan fingerprint density at radius 1 is 1.42 bits per heavy atom. The summed E-state index contributed by atoms with van der Waals surface area (Å²) in [6, 6.07) is 9.98. The Hall–Kier alpha value is -2.12. The maximum absolute atomic E-state index is 12.3. The van der Waals surface area contributed by atoms with E-state index in [1.54, 1.807) is 4.90 Å². The smallest absolute Gasteiger partial charge is 0.317 e. The first-order valence-electron chi connectivity index (χ1n) is 8.14. The Labute approximate surface area is 142 Å². The van der Waals surface area contributed by atoms with Crippen molar-refractivity contribution in [2.45, 2.75) is 25.6 Å². The van der Waals surface area contributed by atoms with E-state index in [0.29, 0.717) is 13.2 Å². The molecule has 1 fully saturated rings. The maximum atomic E-state index is 12.3. The maximum Gasteiger partial charge on any atom is 0.317 e. The third kappa shape index (κ3) is 5.50. The van der Waals surface area contributed by atoms with Crippen molar-refractivity contribution in [2.24, 2.45) is 5.73 Å². The van der Waals surface area contributed by atoms with E-state index in [1.807, 2.05) is 32.2 Å².